The minimum atomic E-state index is 0.397. The number of nitrogens with one attached hydrogen (secondary N) is 2. The van der Waals surface area contributed by atoms with E-state index in [0.717, 1.165) is 5.69 Å². The second-order valence-corrected chi connectivity index (χ2v) is 4.66. The van der Waals surface area contributed by atoms with Crippen molar-refractivity contribution in [3.8, 4) is 11.5 Å². The summed E-state index contributed by atoms with van der Waals surface area (Å²) in [6.45, 7) is 0. The van der Waals surface area contributed by atoms with Gasteiger partial charge >= 0.3 is 0 Å². The van der Waals surface area contributed by atoms with Gasteiger partial charge in [0, 0.05) is 17.3 Å². The number of H-pyrrole nitrogens is 2. The van der Waals surface area contributed by atoms with E-state index in [-0.39, 0.29) is 0 Å². The molecular weight excluding hydrogens is 296 g/mol. The van der Waals surface area contributed by atoms with Crippen molar-refractivity contribution in [1.82, 2.24) is 50.6 Å². The highest BCUT2D eigenvalue weighted by atomic mass is 35.5. The average molecular weight is 303 g/mol. The lowest BCUT2D eigenvalue weighted by Crippen LogP contribution is -1.99. The molecule has 21 heavy (non-hydrogen) atoms. The lowest BCUT2D eigenvalue weighted by Gasteiger charge is -2.00. The molecule has 4 rings (SSSR count). The quantitative estimate of drug-likeness (QED) is 0.556. The second-order valence-electron chi connectivity index (χ2n) is 4.22. The number of imidazole rings is 1. The largest absolute Gasteiger partial charge is 0.303 e. The molecule has 4 aromatic rings. The zero-order chi connectivity index (χ0) is 14.2. The summed E-state index contributed by atoms with van der Waals surface area (Å²) in [6, 6.07) is 3.53. The zero-order valence-electron chi connectivity index (χ0n) is 10.4. The van der Waals surface area contributed by atoms with Crippen LogP contribution in [0.3, 0.4) is 0 Å². The molecule has 10 nitrogen and oxygen atoms in total. The summed E-state index contributed by atoms with van der Waals surface area (Å²) >= 11 is 6.01. The van der Waals surface area contributed by atoms with Gasteiger partial charge in [0.15, 0.2) is 5.82 Å². The fourth-order valence-corrected chi connectivity index (χ4v) is 2.24. The van der Waals surface area contributed by atoms with Crippen LogP contribution in [0.25, 0.3) is 17.2 Å². The number of hydrogen-bond donors (Lipinski definition) is 2. The Kier molecular flexibility index (Phi) is 2.60. The van der Waals surface area contributed by atoms with Crippen LogP contribution >= 0.6 is 11.6 Å². The summed E-state index contributed by atoms with van der Waals surface area (Å²) in [5.74, 6) is 0.935. The fourth-order valence-electron chi connectivity index (χ4n) is 2.09. The van der Waals surface area contributed by atoms with Gasteiger partial charge in [0.2, 0.25) is 5.82 Å². The van der Waals surface area contributed by atoms with Gasteiger partial charge in [-0.25, -0.2) is 4.98 Å². The van der Waals surface area contributed by atoms with Gasteiger partial charge in [0.05, 0.1) is 12.1 Å². The van der Waals surface area contributed by atoms with Crippen molar-refractivity contribution in [1.29, 1.82) is 0 Å². The lowest BCUT2D eigenvalue weighted by molar-refractivity contribution is 0.881. The first-order valence-electron chi connectivity index (χ1n) is 5.94. The fraction of sp³-hybridized carbons (Fsp3) is 0.100. The summed E-state index contributed by atoms with van der Waals surface area (Å²) in [5, 5.41) is 28.4. The van der Waals surface area contributed by atoms with Crippen LogP contribution in [-0.2, 0) is 6.42 Å². The maximum absolute atomic E-state index is 6.01. The maximum Gasteiger partial charge on any atom is 0.224 e. The molecule has 0 aliphatic carbocycles. The van der Waals surface area contributed by atoms with E-state index in [9.17, 15) is 0 Å². The molecule has 4 aromatic heterocycles. The van der Waals surface area contributed by atoms with Gasteiger partial charge in [-0.2, -0.15) is 10.4 Å². The van der Waals surface area contributed by atoms with E-state index in [2.05, 4.69) is 46.2 Å². The van der Waals surface area contributed by atoms with E-state index in [4.69, 9.17) is 11.6 Å². The third kappa shape index (κ3) is 2.01. The van der Waals surface area contributed by atoms with Crippen LogP contribution in [0.15, 0.2) is 18.3 Å². The van der Waals surface area contributed by atoms with Crippen LogP contribution in [-0.4, -0.2) is 50.6 Å². The van der Waals surface area contributed by atoms with Crippen molar-refractivity contribution in [3.63, 3.8) is 0 Å². The Balaban J connectivity index is 1.94. The number of nitrogens with zero attached hydrogens (tertiary/aromatic N) is 8. The average Bonchev–Trinajstić information content (AvgIpc) is 3.19. The Hall–Kier alpha value is -2.88. The van der Waals surface area contributed by atoms with E-state index in [1.807, 2.05) is 10.6 Å². The molecule has 0 saturated carbocycles. The lowest BCUT2D eigenvalue weighted by atomic mass is 10.2. The number of tetrazole rings is 2. The Morgan fingerprint density at radius 3 is 2.76 bits per heavy atom. The van der Waals surface area contributed by atoms with E-state index in [0.29, 0.717) is 34.4 Å². The summed E-state index contributed by atoms with van der Waals surface area (Å²) < 4.78 is 1.88. The topological polar surface area (TPSA) is 126 Å². The maximum atomic E-state index is 6.01. The van der Waals surface area contributed by atoms with Crippen molar-refractivity contribution in [2.45, 2.75) is 6.42 Å². The van der Waals surface area contributed by atoms with Crippen LogP contribution in [0.5, 0.6) is 0 Å². The SMILES string of the molecule is Clc1ccn2c(Cc3nn[nH]n3)c(-c3nn[nH]n3)nc2c1. The smallest absolute Gasteiger partial charge is 0.224 e. The molecule has 0 bridgehead atoms. The standard InChI is InChI=1S/C10H7ClN10/c11-5-1-2-21-6(4-7-13-17-18-14-7)9(12-8(21)3-5)10-15-19-20-16-10/h1-3H,4H2,(H,13,14,17,18)(H,15,16,19,20). The summed E-state index contributed by atoms with van der Waals surface area (Å²) in [6.07, 6.45) is 2.24. The van der Waals surface area contributed by atoms with Gasteiger partial charge in [-0.05, 0) is 11.3 Å². The van der Waals surface area contributed by atoms with Crippen LogP contribution < -0.4 is 0 Å². The third-order valence-corrected chi connectivity index (χ3v) is 3.19. The van der Waals surface area contributed by atoms with E-state index in [1.165, 1.54) is 0 Å². The number of fused-ring (bicyclic) bond motifs is 1. The van der Waals surface area contributed by atoms with Crippen molar-refractivity contribution in [2.75, 3.05) is 0 Å². The number of pyridine rings is 1. The van der Waals surface area contributed by atoms with Gasteiger partial charge in [0.25, 0.3) is 0 Å². The molecule has 104 valence electrons. The van der Waals surface area contributed by atoms with Crippen LogP contribution in [0.1, 0.15) is 11.5 Å². The molecule has 0 spiro atoms. The van der Waals surface area contributed by atoms with Gasteiger partial charge in [-0.1, -0.05) is 16.8 Å². The predicted molar refractivity (Wildman–Crippen MR) is 70.4 cm³/mol. The van der Waals surface area contributed by atoms with Crippen molar-refractivity contribution >= 4 is 17.2 Å². The summed E-state index contributed by atoms with van der Waals surface area (Å²) in [4.78, 5) is 4.50. The molecule has 0 unspecified atom stereocenters. The molecule has 0 radical (unpaired) electrons. The minimum Gasteiger partial charge on any atom is -0.303 e. The van der Waals surface area contributed by atoms with Crippen LogP contribution in [0.4, 0.5) is 0 Å². The van der Waals surface area contributed by atoms with Crippen LogP contribution in [0.2, 0.25) is 5.02 Å². The molecule has 2 N–H and O–H groups in total. The number of aromatic nitrogens is 10. The third-order valence-electron chi connectivity index (χ3n) is 2.96. The van der Waals surface area contributed by atoms with Gasteiger partial charge < -0.3 is 4.40 Å². The monoisotopic (exact) mass is 302 g/mol. The zero-order valence-corrected chi connectivity index (χ0v) is 11.2. The molecule has 0 aliphatic rings. The van der Waals surface area contributed by atoms with E-state index < -0.39 is 0 Å². The van der Waals surface area contributed by atoms with Gasteiger partial charge in [-0.15, -0.1) is 20.4 Å². The predicted octanol–water partition coefficient (Wildman–Crippen LogP) is 0.272. The summed E-state index contributed by atoms with van der Waals surface area (Å²) in [5.41, 5.74) is 2.10. The molecule has 0 amide bonds. The molecule has 4 heterocycles. The Labute approximate surface area is 121 Å². The van der Waals surface area contributed by atoms with Gasteiger partial charge in [0.1, 0.15) is 11.3 Å². The Morgan fingerprint density at radius 2 is 2.00 bits per heavy atom. The highest BCUT2D eigenvalue weighted by Gasteiger charge is 2.19. The van der Waals surface area contributed by atoms with E-state index >= 15 is 0 Å². The molecule has 0 atom stereocenters. The normalized spacial score (nSPS) is 11.3. The van der Waals surface area contributed by atoms with Crippen molar-refractivity contribution < 1.29 is 0 Å². The first kappa shape index (κ1) is 11.9. The molecule has 0 aliphatic heterocycles. The second kappa shape index (κ2) is 4.59. The number of rotatable bonds is 3. The first-order chi connectivity index (χ1) is 10.3. The first-order valence-corrected chi connectivity index (χ1v) is 6.31. The number of halogens is 1. The van der Waals surface area contributed by atoms with E-state index in [1.54, 1.807) is 12.1 Å². The molecule has 11 heteroatoms. The molecule has 0 fully saturated rings. The Bertz CT molecular complexity index is 878. The minimum absolute atomic E-state index is 0.397. The number of hydrogen-bond acceptors (Lipinski definition) is 7. The molecule has 0 aromatic carbocycles. The highest BCUT2D eigenvalue weighted by molar-refractivity contribution is 6.30. The van der Waals surface area contributed by atoms with Crippen molar-refractivity contribution in [3.05, 3.63) is 34.9 Å². The number of aromatic amines is 2. The molecular formula is C10H7ClN10. The molecule has 0 saturated heterocycles. The van der Waals surface area contributed by atoms with Crippen molar-refractivity contribution in [2.24, 2.45) is 0 Å². The summed E-state index contributed by atoms with van der Waals surface area (Å²) in [7, 11) is 0. The van der Waals surface area contributed by atoms with Crippen LogP contribution in [0, 0.1) is 0 Å². The van der Waals surface area contributed by atoms with Gasteiger partial charge in [-0.3, -0.25) is 0 Å². The highest BCUT2D eigenvalue weighted by Crippen LogP contribution is 2.24. The Morgan fingerprint density at radius 1 is 1.14 bits per heavy atom.